The van der Waals surface area contributed by atoms with E-state index in [4.69, 9.17) is 5.11 Å². The molecule has 0 atom stereocenters. The van der Waals surface area contributed by atoms with Crippen molar-refractivity contribution in [1.82, 2.24) is 9.97 Å². The molecule has 0 spiro atoms. The van der Waals surface area contributed by atoms with Crippen LogP contribution in [0.1, 0.15) is 30.7 Å². The van der Waals surface area contributed by atoms with Crippen LogP contribution in [0.2, 0.25) is 0 Å². The van der Waals surface area contributed by atoms with Crippen LogP contribution in [0.3, 0.4) is 0 Å². The molecule has 3 N–H and O–H groups in total. The number of carbonyl (C=O) groups excluding carboxylic acids is 1. The third-order valence-corrected chi connectivity index (χ3v) is 3.94. The third-order valence-electron chi connectivity index (χ3n) is 3.94. The number of hydrogen-bond donors (Lipinski definition) is 3. The Morgan fingerprint density at radius 1 is 1.12 bits per heavy atom. The van der Waals surface area contributed by atoms with Gasteiger partial charge < -0.3 is 15.7 Å². The van der Waals surface area contributed by atoms with E-state index in [1.807, 2.05) is 6.07 Å². The Balaban J connectivity index is 1.53. The number of aryl methyl sites for hydroxylation is 1. The summed E-state index contributed by atoms with van der Waals surface area (Å²) < 4.78 is 0. The van der Waals surface area contributed by atoms with Gasteiger partial charge in [0.15, 0.2) is 0 Å². The maximum Gasteiger partial charge on any atom is 0.323 e. The molecule has 1 aliphatic carbocycles. The lowest BCUT2D eigenvalue weighted by molar-refractivity contribution is -0.136. The molecule has 1 aliphatic rings. The van der Waals surface area contributed by atoms with Gasteiger partial charge >= 0.3 is 12.0 Å². The summed E-state index contributed by atoms with van der Waals surface area (Å²) in [7, 11) is 0. The zero-order chi connectivity index (χ0) is 17.6. The van der Waals surface area contributed by atoms with E-state index in [9.17, 15) is 9.59 Å². The number of hydrogen-bond acceptors (Lipinski definition) is 4. The Kier molecular flexibility index (Phi) is 5.23. The van der Waals surface area contributed by atoms with Crippen molar-refractivity contribution in [3.8, 4) is 0 Å². The molecule has 1 aromatic carbocycles. The monoisotopic (exact) mass is 340 g/mol. The number of carbonyl (C=O) groups is 2. The average Bonchev–Trinajstić information content (AvgIpc) is 3.39. The van der Waals surface area contributed by atoms with Gasteiger partial charge in [-0.1, -0.05) is 12.1 Å². The molecule has 7 nitrogen and oxygen atoms in total. The molecule has 0 radical (unpaired) electrons. The number of amides is 2. The second kappa shape index (κ2) is 7.74. The Bertz CT molecular complexity index is 757. The lowest BCUT2D eigenvalue weighted by Gasteiger charge is -2.09. The predicted molar refractivity (Wildman–Crippen MR) is 93.5 cm³/mol. The maximum absolute atomic E-state index is 12.1. The van der Waals surface area contributed by atoms with Crippen molar-refractivity contribution in [2.45, 2.75) is 32.1 Å². The van der Waals surface area contributed by atoms with Crippen LogP contribution in [-0.2, 0) is 17.6 Å². The number of carboxylic acids is 1. The van der Waals surface area contributed by atoms with Crippen molar-refractivity contribution < 1.29 is 14.7 Å². The Morgan fingerprint density at radius 3 is 2.52 bits per heavy atom. The molecule has 130 valence electrons. The highest BCUT2D eigenvalue weighted by Crippen LogP contribution is 2.31. The molecule has 1 fully saturated rings. The van der Waals surface area contributed by atoms with Crippen LogP contribution in [0.4, 0.5) is 16.2 Å². The number of rotatable bonds is 7. The number of urea groups is 1. The van der Waals surface area contributed by atoms with Gasteiger partial charge in [0.2, 0.25) is 0 Å². The van der Waals surface area contributed by atoms with Crippen molar-refractivity contribution in [3.05, 3.63) is 48.0 Å². The fraction of sp³-hybridized carbons (Fsp3) is 0.333. The van der Waals surface area contributed by atoms with Gasteiger partial charge in [0, 0.05) is 18.5 Å². The summed E-state index contributed by atoms with van der Waals surface area (Å²) in [5, 5.41) is 14.1. The lowest BCUT2D eigenvalue weighted by Crippen LogP contribution is -2.19. The average molecular weight is 340 g/mol. The lowest BCUT2D eigenvalue weighted by atomic mass is 10.1. The van der Waals surface area contributed by atoms with E-state index >= 15 is 0 Å². The van der Waals surface area contributed by atoms with Crippen LogP contribution in [0, 0.1) is 5.92 Å². The van der Waals surface area contributed by atoms with Crippen molar-refractivity contribution in [1.29, 1.82) is 0 Å². The summed E-state index contributed by atoms with van der Waals surface area (Å²) in [5.41, 5.74) is 1.98. The zero-order valence-electron chi connectivity index (χ0n) is 13.7. The fourth-order valence-electron chi connectivity index (χ4n) is 2.45. The van der Waals surface area contributed by atoms with Crippen molar-refractivity contribution >= 4 is 23.4 Å². The number of aromatic nitrogens is 2. The van der Waals surface area contributed by atoms with Gasteiger partial charge in [0.1, 0.15) is 5.82 Å². The third kappa shape index (κ3) is 5.56. The Labute approximate surface area is 145 Å². The first kappa shape index (κ1) is 16.9. The molecular formula is C18H20N4O3. The van der Waals surface area contributed by atoms with Gasteiger partial charge in [-0.05, 0) is 42.9 Å². The normalized spacial score (nSPS) is 13.3. The van der Waals surface area contributed by atoms with E-state index in [1.165, 1.54) is 12.8 Å². The summed E-state index contributed by atoms with van der Waals surface area (Å²) in [6.07, 6.45) is 7.08. The van der Waals surface area contributed by atoms with E-state index in [1.54, 1.807) is 30.6 Å². The van der Waals surface area contributed by atoms with Gasteiger partial charge in [-0.3, -0.25) is 4.79 Å². The first-order valence-electron chi connectivity index (χ1n) is 8.28. The summed E-state index contributed by atoms with van der Waals surface area (Å²) in [4.78, 5) is 31.2. The molecule has 0 aliphatic heterocycles. The molecule has 1 heterocycles. The summed E-state index contributed by atoms with van der Waals surface area (Å²) in [5.74, 6) is 0.677. The van der Waals surface area contributed by atoms with Crippen LogP contribution < -0.4 is 10.6 Å². The number of carboxylic acid groups (broad SMARTS) is 1. The Morgan fingerprint density at radius 2 is 1.84 bits per heavy atom. The van der Waals surface area contributed by atoms with Crippen molar-refractivity contribution in [3.63, 3.8) is 0 Å². The SMILES string of the molecule is O=C(O)CCc1cccc(NC(=O)Nc2cnc(CC3CC3)nc2)c1. The van der Waals surface area contributed by atoms with E-state index in [2.05, 4.69) is 20.6 Å². The van der Waals surface area contributed by atoms with Crippen LogP contribution in [-0.4, -0.2) is 27.1 Å². The smallest absolute Gasteiger partial charge is 0.323 e. The molecule has 2 amide bonds. The second-order valence-corrected chi connectivity index (χ2v) is 6.21. The minimum absolute atomic E-state index is 0.0557. The molecule has 3 rings (SSSR count). The molecule has 1 saturated carbocycles. The number of benzene rings is 1. The Hall–Kier alpha value is -2.96. The van der Waals surface area contributed by atoms with Crippen LogP contribution in [0.15, 0.2) is 36.7 Å². The molecule has 2 aromatic rings. The van der Waals surface area contributed by atoms with Crippen LogP contribution in [0.25, 0.3) is 0 Å². The van der Waals surface area contributed by atoms with Gasteiger partial charge in [0.05, 0.1) is 18.1 Å². The quantitative estimate of drug-likeness (QED) is 0.718. The summed E-state index contributed by atoms with van der Waals surface area (Å²) in [6.45, 7) is 0. The van der Waals surface area contributed by atoms with Crippen LogP contribution in [0.5, 0.6) is 0 Å². The molecule has 0 saturated heterocycles. The highest BCUT2D eigenvalue weighted by molar-refractivity contribution is 5.99. The fourth-order valence-corrected chi connectivity index (χ4v) is 2.45. The summed E-state index contributed by atoms with van der Waals surface area (Å²) >= 11 is 0. The largest absolute Gasteiger partial charge is 0.481 e. The highest BCUT2D eigenvalue weighted by atomic mass is 16.4. The first-order valence-corrected chi connectivity index (χ1v) is 8.28. The number of aliphatic carboxylic acids is 1. The molecule has 7 heteroatoms. The van der Waals surface area contributed by atoms with Gasteiger partial charge in [0.25, 0.3) is 0 Å². The minimum atomic E-state index is -0.846. The predicted octanol–water partition coefficient (Wildman–Crippen LogP) is 3.09. The van der Waals surface area contributed by atoms with Gasteiger partial charge in [-0.15, -0.1) is 0 Å². The van der Waals surface area contributed by atoms with Crippen molar-refractivity contribution in [2.24, 2.45) is 5.92 Å². The second-order valence-electron chi connectivity index (χ2n) is 6.21. The number of nitrogens with zero attached hydrogens (tertiary/aromatic N) is 2. The molecular weight excluding hydrogens is 320 g/mol. The van der Waals surface area contributed by atoms with Gasteiger partial charge in [-0.25, -0.2) is 14.8 Å². The standard InChI is InChI=1S/C18H20N4O3/c23-17(24)7-6-12-2-1-3-14(8-12)21-18(25)22-15-10-19-16(20-11-15)9-13-4-5-13/h1-3,8,10-11,13H,4-7,9H2,(H,23,24)(H2,21,22,25). The van der Waals surface area contributed by atoms with E-state index in [-0.39, 0.29) is 6.42 Å². The topological polar surface area (TPSA) is 104 Å². The first-order chi connectivity index (χ1) is 12.1. The molecule has 0 unspecified atom stereocenters. The van der Waals surface area contributed by atoms with Crippen LogP contribution >= 0.6 is 0 Å². The minimum Gasteiger partial charge on any atom is -0.481 e. The van der Waals surface area contributed by atoms with E-state index in [0.29, 0.717) is 17.8 Å². The molecule has 0 bridgehead atoms. The van der Waals surface area contributed by atoms with E-state index in [0.717, 1.165) is 23.7 Å². The number of anilines is 2. The molecule has 1 aromatic heterocycles. The maximum atomic E-state index is 12.1. The molecule has 25 heavy (non-hydrogen) atoms. The summed E-state index contributed by atoms with van der Waals surface area (Å²) in [6, 6.07) is 6.73. The van der Waals surface area contributed by atoms with Gasteiger partial charge in [-0.2, -0.15) is 0 Å². The van der Waals surface area contributed by atoms with E-state index < -0.39 is 12.0 Å². The van der Waals surface area contributed by atoms with Crippen molar-refractivity contribution in [2.75, 3.05) is 10.6 Å². The number of nitrogens with one attached hydrogen (secondary N) is 2. The highest BCUT2D eigenvalue weighted by Gasteiger charge is 2.22. The zero-order valence-corrected chi connectivity index (χ0v) is 13.7.